The van der Waals surface area contributed by atoms with Gasteiger partial charge in [0.1, 0.15) is 18.8 Å². The lowest BCUT2D eigenvalue weighted by molar-refractivity contribution is 0.273. The van der Waals surface area contributed by atoms with Gasteiger partial charge < -0.3 is 4.74 Å². The van der Waals surface area contributed by atoms with Gasteiger partial charge in [-0.25, -0.2) is 13.9 Å². The van der Waals surface area contributed by atoms with Crippen LogP contribution in [0.25, 0.3) is 16.9 Å². The van der Waals surface area contributed by atoms with Crippen molar-refractivity contribution in [1.29, 1.82) is 0 Å². The lowest BCUT2D eigenvalue weighted by Gasteiger charge is -2.12. The second kappa shape index (κ2) is 7.47. The third-order valence-electron chi connectivity index (χ3n) is 5.75. The number of ether oxygens (including phenoxy) is 1. The smallest absolute Gasteiger partial charge is 0.237 e. The lowest BCUT2D eigenvalue weighted by Crippen LogP contribution is -2.06. The number of aryl methyl sites for hydroxylation is 2. The van der Waals surface area contributed by atoms with E-state index in [1.807, 2.05) is 14.0 Å². The third kappa shape index (κ3) is 3.10. The van der Waals surface area contributed by atoms with Crippen LogP contribution in [0, 0.1) is 12.7 Å². The Labute approximate surface area is 172 Å². The molecule has 0 bridgehead atoms. The maximum atomic E-state index is 14.5. The van der Waals surface area contributed by atoms with Gasteiger partial charge in [0.2, 0.25) is 5.88 Å². The van der Waals surface area contributed by atoms with E-state index in [-0.39, 0.29) is 12.4 Å². The summed E-state index contributed by atoms with van der Waals surface area (Å²) in [4.78, 5) is 4.22. The average molecular weight is 407 g/mol. The Bertz CT molecular complexity index is 1210. The van der Waals surface area contributed by atoms with Crippen molar-refractivity contribution in [1.82, 2.24) is 34.6 Å². The van der Waals surface area contributed by atoms with Crippen LogP contribution in [-0.4, -0.2) is 34.6 Å². The van der Waals surface area contributed by atoms with Crippen LogP contribution in [0.5, 0.6) is 5.88 Å². The summed E-state index contributed by atoms with van der Waals surface area (Å²) in [5, 5.41) is 17.4. The molecular weight excluding hydrogens is 385 g/mol. The zero-order valence-electron chi connectivity index (χ0n) is 16.9. The largest absolute Gasteiger partial charge is 0.468 e. The number of rotatable bonds is 5. The van der Waals surface area contributed by atoms with Gasteiger partial charge in [-0.05, 0) is 37.8 Å². The minimum Gasteiger partial charge on any atom is -0.468 e. The second-order valence-corrected chi connectivity index (χ2v) is 7.64. The van der Waals surface area contributed by atoms with Crippen molar-refractivity contribution in [3.8, 4) is 17.3 Å². The standard InChI is InChI=1S/C21H22FN7O/c1-13-19-18(14-7-3-4-8-14)21(30-11-17-23-12-24-28(17)2)27-29(19)20(26-25-13)15-9-5-6-10-16(15)22/h5-6,9-10,12,14H,3-4,7-8,11H2,1-2H3. The maximum Gasteiger partial charge on any atom is 0.237 e. The van der Waals surface area contributed by atoms with E-state index in [9.17, 15) is 4.39 Å². The number of benzene rings is 1. The zero-order chi connectivity index (χ0) is 20.7. The normalized spacial score (nSPS) is 14.6. The average Bonchev–Trinajstić information content (AvgIpc) is 3.47. The molecular formula is C21H22FN7O. The Morgan fingerprint density at radius 2 is 1.97 bits per heavy atom. The fourth-order valence-corrected chi connectivity index (χ4v) is 4.21. The van der Waals surface area contributed by atoms with Gasteiger partial charge in [-0.3, -0.25) is 4.68 Å². The van der Waals surface area contributed by atoms with E-state index in [2.05, 4.69) is 20.3 Å². The van der Waals surface area contributed by atoms with Crippen LogP contribution in [0.4, 0.5) is 4.39 Å². The van der Waals surface area contributed by atoms with Crippen LogP contribution in [0.2, 0.25) is 0 Å². The molecule has 0 aliphatic heterocycles. The van der Waals surface area contributed by atoms with Crippen LogP contribution in [-0.2, 0) is 13.7 Å². The van der Waals surface area contributed by atoms with E-state index in [0.717, 1.165) is 29.6 Å². The van der Waals surface area contributed by atoms with Crippen LogP contribution < -0.4 is 4.74 Å². The van der Waals surface area contributed by atoms with Gasteiger partial charge in [-0.2, -0.15) is 10.2 Å². The molecule has 1 saturated carbocycles. The Kier molecular flexibility index (Phi) is 4.65. The lowest BCUT2D eigenvalue weighted by atomic mass is 9.98. The van der Waals surface area contributed by atoms with Gasteiger partial charge in [-0.1, -0.05) is 25.0 Å². The Morgan fingerprint density at radius 1 is 1.17 bits per heavy atom. The molecule has 0 radical (unpaired) electrons. The summed E-state index contributed by atoms with van der Waals surface area (Å²) in [6, 6.07) is 6.53. The summed E-state index contributed by atoms with van der Waals surface area (Å²) >= 11 is 0. The van der Waals surface area contributed by atoms with E-state index in [0.29, 0.717) is 29.0 Å². The predicted molar refractivity (Wildman–Crippen MR) is 107 cm³/mol. The summed E-state index contributed by atoms with van der Waals surface area (Å²) in [6.07, 6.45) is 5.97. The molecule has 4 aromatic rings. The van der Waals surface area contributed by atoms with E-state index in [4.69, 9.17) is 9.84 Å². The van der Waals surface area contributed by atoms with Gasteiger partial charge in [0, 0.05) is 12.6 Å². The molecule has 0 spiro atoms. The molecule has 0 atom stereocenters. The van der Waals surface area contributed by atoms with Crippen molar-refractivity contribution in [3.63, 3.8) is 0 Å². The molecule has 3 heterocycles. The highest BCUT2D eigenvalue weighted by molar-refractivity contribution is 5.68. The quantitative estimate of drug-likeness (QED) is 0.503. The first-order valence-electron chi connectivity index (χ1n) is 10.1. The van der Waals surface area contributed by atoms with Crippen molar-refractivity contribution >= 4 is 5.52 Å². The highest BCUT2D eigenvalue weighted by Crippen LogP contribution is 2.42. The molecule has 0 N–H and O–H groups in total. The fraction of sp³-hybridized carbons (Fsp3) is 0.381. The van der Waals surface area contributed by atoms with Crippen molar-refractivity contribution in [3.05, 3.63) is 53.5 Å². The molecule has 1 fully saturated rings. The first-order valence-corrected chi connectivity index (χ1v) is 10.1. The Hall–Kier alpha value is -3.36. The number of hydrogen-bond donors (Lipinski definition) is 0. The summed E-state index contributed by atoms with van der Waals surface area (Å²) in [7, 11) is 1.82. The third-order valence-corrected chi connectivity index (χ3v) is 5.75. The van der Waals surface area contributed by atoms with E-state index in [1.54, 1.807) is 27.4 Å². The molecule has 9 heteroatoms. The van der Waals surface area contributed by atoms with Crippen molar-refractivity contribution < 1.29 is 9.13 Å². The molecule has 1 aromatic carbocycles. The second-order valence-electron chi connectivity index (χ2n) is 7.64. The minimum atomic E-state index is -0.364. The van der Waals surface area contributed by atoms with Gasteiger partial charge in [0.05, 0.1) is 16.8 Å². The molecule has 1 aliphatic rings. The summed E-state index contributed by atoms with van der Waals surface area (Å²) in [5.41, 5.74) is 2.98. The van der Waals surface area contributed by atoms with Crippen LogP contribution in [0.15, 0.2) is 30.6 Å². The molecule has 0 saturated heterocycles. The number of halogens is 1. The summed E-state index contributed by atoms with van der Waals surface area (Å²) in [5.74, 6) is 1.55. The van der Waals surface area contributed by atoms with Crippen LogP contribution >= 0.6 is 0 Å². The Morgan fingerprint density at radius 3 is 2.70 bits per heavy atom. The zero-order valence-corrected chi connectivity index (χ0v) is 16.9. The van der Waals surface area contributed by atoms with Crippen molar-refractivity contribution in [2.24, 2.45) is 7.05 Å². The molecule has 1 aliphatic carbocycles. The molecule has 3 aromatic heterocycles. The number of hydrogen-bond acceptors (Lipinski definition) is 6. The van der Waals surface area contributed by atoms with Crippen molar-refractivity contribution in [2.75, 3.05) is 0 Å². The number of fused-ring (bicyclic) bond motifs is 1. The van der Waals surface area contributed by atoms with E-state index in [1.165, 1.54) is 25.2 Å². The molecule has 0 unspecified atom stereocenters. The van der Waals surface area contributed by atoms with Crippen molar-refractivity contribution in [2.45, 2.75) is 45.1 Å². The molecule has 154 valence electrons. The highest BCUT2D eigenvalue weighted by atomic mass is 19.1. The van der Waals surface area contributed by atoms with Crippen LogP contribution in [0.1, 0.15) is 48.7 Å². The van der Waals surface area contributed by atoms with Gasteiger partial charge in [0.25, 0.3) is 0 Å². The summed E-state index contributed by atoms with van der Waals surface area (Å²) < 4.78 is 24.0. The maximum absolute atomic E-state index is 14.5. The van der Waals surface area contributed by atoms with Gasteiger partial charge in [0.15, 0.2) is 11.6 Å². The van der Waals surface area contributed by atoms with Crippen LogP contribution in [0.3, 0.4) is 0 Å². The molecule has 5 rings (SSSR count). The first kappa shape index (κ1) is 18.7. The van der Waals surface area contributed by atoms with E-state index >= 15 is 0 Å². The van der Waals surface area contributed by atoms with Gasteiger partial charge in [-0.15, -0.1) is 10.2 Å². The number of nitrogens with zero attached hydrogens (tertiary/aromatic N) is 7. The fourth-order valence-electron chi connectivity index (χ4n) is 4.21. The predicted octanol–water partition coefficient (Wildman–Crippen LogP) is 3.60. The Balaban J connectivity index is 1.67. The topological polar surface area (TPSA) is 83.0 Å². The summed E-state index contributed by atoms with van der Waals surface area (Å²) in [6.45, 7) is 2.15. The molecule has 0 amide bonds. The van der Waals surface area contributed by atoms with E-state index < -0.39 is 0 Å². The SMILES string of the molecule is Cc1nnc(-c2ccccc2F)n2nc(OCc3ncnn3C)c(C3CCCC3)c12. The monoisotopic (exact) mass is 407 g/mol. The molecule has 30 heavy (non-hydrogen) atoms. The molecule has 8 nitrogen and oxygen atoms in total. The highest BCUT2D eigenvalue weighted by Gasteiger charge is 2.29. The number of aromatic nitrogens is 7. The first-order chi connectivity index (χ1) is 14.6. The minimum absolute atomic E-state index is 0.245. The van der Waals surface area contributed by atoms with Gasteiger partial charge >= 0.3 is 0 Å².